The molecule has 2 aromatic carbocycles. The van der Waals surface area contributed by atoms with Crippen LogP contribution >= 0.6 is 0 Å². The van der Waals surface area contributed by atoms with Gasteiger partial charge in [0.1, 0.15) is 5.60 Å². The maximum atomic E-state index is 12.9. The van der Waals surface area contributed by atoms with Crippen molar-refractivity contribution in [3.63, 3.8) is 0 Å². The maximum absolute atomic E-state index is 12.9. The van der Waals surface area contributed by atoms with E-state index in [-0.39, 0.29) is 5.97 Å². The summed E-state index contributed by atoms with van der Waals surface area (Å²) in [7, 11) is 0. The summed E-state index contributed by atoms with van der Waals surface area (Å²) in [5, 5.41) is 3.62. The van der Waals surface area contributed by atoms with Crippen molar-refractivity contribution in [2.45, 2.75) is 64.7 Å². The molecule has 0 bridgehead atoms. The van der Waals surface area contributed by atoms with E-state index in [9.17, 15) is 4.79 Å². The predicted octanol–water partition coefficient (Wildman–Crippen LogP) is 5.67. The average molecular weight is 481 g/mol. The van der Waals surface area contributed by atoms with Crippen LogP contribution in [0.1, 0.15) is 62.4 Å². The molecule has 2 aliphatic heterocycles. The zero-order chi connectivity index (χ0) is 24.7. The fourth-order valence-corrected chi connectivity index (χ4v) is 4.70. The molecule has 6 heteroatoms. The lowest BCUT2D eigenvalue weighted by molar-refractivity contribution is 0.00706. The molecule has 0 radical (unpaired) electrons. The Morgan fingerprint density at radius 2 is 1.74 bits per heavy atom. The fourth-order valence-electron chi connectivity index (χ4n) is 4.70. The van der Waals surface area contributed by atoms with Gasteiger partial charge in [0.25, 0.3) is 0 Å². The monoisotopic (exact) mass is 480 g/mol. The van der Waals surface area contributed by atoms with E-state index in [4.69, 9.17) is 14.2 Å². The molecule has 0 aromatic heterocycles. The first-order chi connectivity index (χ1) is 16.9. The summed E-state index contributed by atoms with van der Waals surface area (Å²) < 4.78 is 17.2. The van der Waals surface area contributed by atoms with Gasteiger partial charge < -0.3 is 24.4 Å². The molecular formula is C29H40N2O4. The molecule has 2 aliphatic rings. The van der Waals surface area contributed by atoms with Crippen molar-refractivity contribution in [2.75, 3.05) is 43.1 Å². The fraction of sp³-hybridized carbons (Fsp3) is 0.552. The number of esters is 1. The van der Waals surface area contributed by atoms with Gasteiger partial charge in [-0.3, -0.25) is 0 Å². The lowest BCUT2D eigenvalue weighted by atomic mass is 9.97. The van der Waals surface area contributed by atoms with E-state index in [1.807, 2.05) is 32.9 Å². The Morgan fingerprint density at radius 3 is 2.43 bits per heavy atom. The van der Waals surface area contributed by atoms with Crippen LogP contribution in [-0.2, 0) is 20.8 Å². The van der Waals surface area contributed by atoms with Gasteiger partial charge in [0.05, 0.1) is 17.9 Å². The largest absolute Gasteiger partial charge is 0.456 e. The van der Waals surface area contributed by atoms with Crippen LogP contribution in [0, 0.1) is 5.92 Å². The van der Waals surface area contributed by atoms with Crippen LogP contribution < -0.4 is 10.2 Å². The number of carbonyl (C=O) groups excluding carboxylic acids is 1. The summed E-state index contributed by atoms with van der Waals surface area (Å²) in [6, 6.07) is 16.7. The SMILES string of the molecule is CC(C)(C)OC(=O)c1ccc(N2CCC(COCc3ccccc3)CC2)cc1NC1CCOCC1. The third kappa shape index (κ3) is 7.71. The zero-order valence-corrected chi connectivity index (χ0v) is 21.4. The number of benzene rings is 2. The van der Waals surface area contributed by atoms with Gasteiger partial charge >= 0.3 is 5.97 Å². The van der Waals surface area contributed by atoms with Crippen LogP contribution in [0.2, 0.25) is 0 Å². The summed E-state index contributed by atoms with van der Waals surface area (Å²) in [4.78, 5) is 15.4. The molecule has 0 unspecified atom stereocenters. The Hall–Kier alpha value is -2.57. The van der Waals surface area contributed by atoms with Gasteiger partial charge in [-0.05, 0) is 76.1 Å². The van der Waals surface area contributed by atoms with Crippen molar-refractivity contribution in [1.82, 2.24) is 0 Å². The number of hydrogen-bond acceptors (Lipinski definition) is 6. The number of carbonyl (C=O) groups is 1. The first-order valence-electron chi connectivity index (χ1n) is 13.0. The molecule has 190 valence electrons. The van der Waals surface area contributed by atoms with Crippen molar-refractivity contribution in [3.05, 3.63) is 59.7 Å². The van der Waals surface area contributed by atoms with Crippen LogP contribution in [0.4, 0.5) is 11.4 Å². The molecule has 2 saturated heterocycles. The summed E-state index contributed by atoms with van der Waals surface area (Å²) in [5.41, 5.74) is 3.29. The molecule has 4 rings (SSSR count). The Morgan fingerprint density at radius 1 is 1.03 bits per heavy atom. The van der Waals surface area contributed by atoms with Gasteiger partial charge in [-0.25, -0.2) is 4.79 Å². The van der Waals surface area contributed by atoms with E-state index in [1.165, 1.54) is 5.56 Å². The molecule has 2 heterocycles. The number of hydrogen-bond donors (Lipinski definition) is 1. The second-order valence-corrected chi connectivity index (χ2v) is 10.7. The first-order valence-corrected chi connectivity index (χ1v) is 13.0. The minimum absolute atomic E-state index is 0.284. The number of nitrogens with one attached hydrogen (secondary N) is 1. The van der Waals surface area contributed by atoms with Crippen molar-refractivity contribution in [1.29, 1.82) is 0 Å². The summed E-state index contributed by atoms with van der Waals surface area (Å²) in [6.07, 6.45) is 4.08. The lowest BCUT2D eigenvalue weighted by Crippen LogP contribution is -2.35. The van der Waals surface area contributed by atoms with E-state index in [0.29, 0.717) is 24.1 Å². The van der Waals surface area contributed by atoms with Crippen molar-refractivity contribution < 1.29 is 19.0 Å². The second-order valence-electron chi connectivity index (χ2n) is 10.7. The summed E-state index contributed by atoms with van der Waals surface area (Å²) in [5.74, 6) is 0.295. The van der Waals surface area contributed by atoms with Crippen molar-refractivity contribution >= 4 is 17.3 Å². The first kappa shape index (κ1) is 25.5. The van der Waals surface area contributed by atoms with Crippen LogP contribution in [0.25, 0.3) is 0 Å². The van der Waals surface area contributed by atoms with Crippen LogP contribution in [0.15, 0.2) is 48.5 Å². The van der Waals surface area contributed by atoms with Gasteiger partial charge in [-0.2, -0.15) is 0 Å². The topological polar surface area (TPSA) is 60.0 Å². The summed E-state index contributed by atoms with van der Waals surface area (Å²) >= 11 is 0. The molecule has 2 aromatic rings. The lowest BCUT2D eigenvalue weighted by Gasteiger charge is -2.34. The van der Waals surface area contributed by atoms with E-state index in [0.717, 1.165) is 70.0 Å². The Bertz CT molecular complexity index is 943. The standard InChI is InChI=1S/C29H40N2O4/c1-29(2,3)35-28(32)26-10-9-25(19-27(26)30-24-13-17-33-18-14-24)31-15-11-23(12-16-31)21-34-20-22-7-5-4-6-8-22/h4-10,19,23-24,30H,11-18,20-21H2,1-3H3. The van der Waals surface area contributed by atoms with Gasteiger partial charge in [0.2, 0.25) is 0 Å². The van der Waals surface area contributed by atoms with Crippen LogP contribution in [0.5, 0.6) is 0 Å². The molecule has 6 nitrogen and oxygen atoms in total. The highest BCUT2D eigenvalue weighted by atomic mass is 16.6. The van der Waals surface area contributed by atoms with Crippen molar-refractivity contribution in [2.24, 2.45) is 5.92 Å². The number of ether oxygens (including phenoxy) is 3. The van der Waals surface area contributed by atoms with E-state index in [2.05, 4.69) is 46.6 Å². The number of nitrogens with zero attached hydrogens (tertiary/aromatic N) is 1. The Balaban J connectivity index is 1.37. The maximum Gasteiger partial charge on any atom is 0.340 e. The number of anilines is 2. The van der Waals surface area contributed by atoms with Crippen LogP contribution in [0.3, 0.4) is 0 Å². The number of rotatable bonds is 8. The smallest absolute Gasteiger partial charge is 0.340 e. The third-order valence-corrected chi connectivity index (χ3v) is 6.65. The van der Waals surface area contributed by atoms with E-state index in [1.54, 1.807) is 0 Å². The van der Waals surface area contributed by atoms with E-state index >= 15 is 0 Å². The normalized spacial score (nSPS) is 17.9. The van der Waals surface area contributed by atoms with Gasteiger partial charge in [-0.1, -0.05) is 30.3 Å². The van der Waals surface area contributed by atoms with Crippen LogP contribution in [-0.4, -0.2) is 50.5 Å². The molecule has 0 atom stereocenters. The van der Waals surface area contributed by atoms with Gasteiger partial charge in [0, 0.05) is 44.6 Å². The molecule has 2 fully saturated rings. The molecular weight excluding hydrogens is 440 g/mol. The minimum Gasteiger partial charge on any atom is -0.456 e. The molecule has 35 heavy (non-hydrogen) atoms. The molecule has 0 amide bonds. The molecule has 1 N–H and O–H groups in total. The zero-order valence-electron chi connectivity index (χ0n) is 21.4. The Labute approximate surface area is 209 Å². The van der Waals surface area contributed by atoms with Gasteiger partial charge in [-0.15, -0.1) is 0 Å². The number of piperidine rings is 1. The summed E-state index contributed by atoms with van der Waals surface area (Å²) in [6.45, 7) is 10.7. The molecule has 0 saturated carbocycles. The minimum atomic E-state index is -0.532. The van der Waals surface area contributed by atoms with Gasteiger partial charge in [0.15, 0.2) is 0 Å². The highest BCUT2D eigenvalue weighted by Crippen LogP contribution is 2.30. The Kier molecular flexibility index (Phi) is 8.69. The average Bonchev–Trinajstić information content (AvgIpc) is 2.85. The second kappa shape index (κ2) is 11.9. The van der Waals surface area contributed by atoms with Crippen molar-refractivity contribution in [3.8, 4) is 0 Å². The quantitative estimate of drug-likeness (QED) is 0.492. The highest BCUT2D eigenvalue weighted by Gasteiger charge is 2.25. The third-order valence-electron chi connectivity index (χ3n) is 6.65. The van der Waals surface area contributed by atoms with E-state index < -0.39 is 5.60 Å². The predicted molar refractivity (Wildman–Crippen MR) is 140 cm³/mol. The molecule has 0 spiro atoms. The molecule has 0 aliphatic carbocycles. The highest BCUT2D eigenvalue weighted by molar-refractivity contribution is 5.96.